The largest absolute Gasteiger partial charge is 0.480 e. The Balaban J connectivity index is 1.08. The van der Waals surface area contributed by atoms with Gasteiger partial charge in [0.25, 0.3) is 0 Å². The molecule has 6 nitrogen and oxygen atoms in total. The number of likely N-dealkylation sites (tertiary alicyclic amines) is 1. The number of rotatable bonds is 10. The first-order valence-corrected chi connectivity index (χ1v) is 12.8. The lowest BCUT2D eigenvalue weighted by molar-refractivity contribution is -0.143. The number of carboxylic acid groups (broad SMARTS) is 1. The maximum absolute atomic E-state index is 12.2. The van der Waals surface area contributed by atoms with Crippen LogP contribution in [0.4, 0.5) is 5.82 Å². The van der Waals surface area contributed by atoms with Crippen LogP contribution in [0.3, 0.4) is 0 Å². The minimum Gasteiger partial charge on any atom is -0.480 e. The van der Waals surface area contributed by atoms with Crippen molar-refractivity contribution in [3.05, 3.63) is 53.0 Å². The van der Waals surface area contributed by atoms with E-state index in [1.165, 1.54) is 61.8 Å². The van der Waals surface area contributed by atoms with Crippen LogP contribution >= 0.6 is 0 Å². The molecule has 2 aliphatic heterocycles. The van der Waals surface area contributed by atoms with E-state index in [1.807, 2.05) is 6.07 Å². The van der Waals surface area contributed by atoms with Gasteiger partial charge >= 0.3 is 5.97 Å². The number of aryl methyl sites for hydroxylation is 2. The Morgan fingerprint density at radius 1 is 1.18 bits per heavy atom. The van der Waals surface area contributed by atoms with Crippen molar-refractivity contribution in [2.24, 2.45) is 5.92 Å². The Labute approximate surface area is 196 Å². The Morgan fingerprint density at radius 2 is 2.09 bits per heavy atom. The number of carbonyl (C=O) groups is 1. The monoisotopic (exact) mass is 448 g/mol. The molecule has 5 rings (SSSR count). The first kappa shape index (κ1) is 22.3. The lowest BCUT2D eigenvalue weighted by atomic mass is 9.97. The fourth-order valence-electron chi connectivity index (χ4n) is 5.65. The molecule has 0 bridgehead atoms. The zero-order valence-corrected chi connectivity index (χ0v) is 19.5. The summed E-state index contributed by atoms with van der Waals surface area (Å²) < 4.78 is 0. The molecular formula is C27H36N4O2. The first-order chi connectivity index (χ1) is 16.2. The molecule has 176 valence electrons. The molecule has 2 aromatic rings. The van der Waals surface area contributed by atoms with Crippen LogP contribution in [-0.2, 0) is 17.6 Å². The number of carboxylic acids is 1. The van der Waals surface area contributed by atoms with Gasteiger partial charge in [0.05, 0.1) is 0 Å². The average molecular weight is 449 g/mol. The van der Waals surface area contributed by atoms with Gasteiger partial charge in [-0.25, -0.2) is 4.98 Å². The van der Waals surface area contributed by atoms with Crippen molar-refractivity contribution in [2.45, 2.75) is 76.2 Å². The molecule has 2 unspecified atom stereocenters. The van der Waals surface area contributed by atoms with Gasteiger partial charge in [0, 0.05) is 36.7 Å². The Kier molecular flexibility index (Phi) is 6.91. The molecule has 2 atom stereocenters. The van der Waals surface area contributed by atoms with Gasteiger partial charge in [-0.2, -0.15) is 0 Å². The normalized spacial score (nSPS) is 21.4. The zero-order valence-electron chi connectivity index (χ0n) is 19.5. The number of anilines is 1. The minimum absolute atomic E-state index is 0.531. The maximum Gasteiger partial charge on any atom is 0.325 e. The van der Waals surface area contributed by atoms with Gasteiger partial charge in [0.1, 0.15) is 11.9 Å². The van der Waals surface area contributed by atoms with Crippen molar-refractivity contribution >= 4 is 11.8 Å². The standard InChI is InChI=1S/C27H36N4O2/c32-27(33)25(24-17-28-15-12-23(24)20-8-9-20)31-16-13-19(18-31)5-2-1-3-7-22-11-10-21-6-4-14-29-26(21)30-22/h10-12,15,17,19-20,25H,1-9,13-14,16,18H2,(H,29,30)(H,32,33). The summed E-state index contributed by atoms with van der Waals surface area (Å²) in [5.74, 6) is 1.48. The second-order valence-electron chi connectivity index (χ2n) is 10.1. The summed E-state index contributed by atoms with van der Waals surface area (Å²) in [6.07, 6.45) is 15.2. The third-order valence-corrected chi connectivity index (χ3v) is 7.61. The molecule has 2 fully saturated rings. The van der Waals surface area contributed by atoms with E-state index in [9.17, 15) is 9.90 Å². The molecular weight excluding hydrogens is 412 g/mol. The SMILES string of the molecule is O=C(O)C(c1cnccc1C1CC1)N1CCC(CCCCCc2ccc3c(n2)NCCC3)C1. The molecule has 1 aliphatic carbocycles. The smallest absolute Gasteiger partial charge is 0.325 e. The highest BCUT2D eigenvalue weighted by Gasteiger charge is 2.37. The maximum atomic E-state index is 12.2. The van der Waals surface area contributed by atoms with Crippen molar-refractivity contribution in [3.8, 4) is 0 Å². The van der Waals surface area contributed by atoms with Gasteiger partial charge in [0.2, 0.25) is 0 Å². The molecule has 6 heteroatoms. The molecule has 0 radical (unpaired) electrons. The highest BCUT2D eigenvalue weighted by molar-refractivity contribution is 5.76. The van der Waals surface area contributed by atoms with Gasteiger partial charge in [-0.05, 0) is 93.0 Å². The lowest BCUT2D eigenvalue weighted by Crippen LogP contribution is -2.33. The summed E-state index contributed by atoms with van der Waals surface area (Å²) >= 11 is 0. The van der Waals surface area contributed by atoms with Crippen molar-refractivity contribution in [1.82, 2.24) is 14.9 Å². The Bertz CT molecular complexity index is 974. The van der Waals surface area contributed by atoms with Gasteiger partial charge in [0.15, 0.2) is 0 Å². The van der Waals surface area contributed by atoms with Crippen LogP contribution in [0, 0.1) is 5.92 Å². The van der Waals surface area contributed by atoms with Crippen molar-refractivity contribution in [1.29, 1.82) is 0 Å². The molecule has 1 saturated carbocycles. The molecule has 1 saturated heterocycles. The number of hydrogen-bond acceptors (Lipinski definition) is 5. The number of hydrogen-bond donors (Lipinski definition) is 2. The fraction of sp³-hybridized carbons (Fsp3) is 0.593. The molecule has 4 heterocycles. The number of nitrogens with zero attached hydrogens (tertiary/aromatic N) is 3. The summed E-state index contributed by atoms with van der Waals surface area (Å²) in [6, 6.07) is 5.92. The van der Waals surface area contributed by atoms with Gasteiger partial charge in [-0.3, -0.25) is 14.7 Å². The van der Waals surface area contributed by atoms with Crippen LogP contribution in [-0.4, -0.2) is 45.6 Å². The second kappa shape index (κ2) is 10.2. The predicted octanol–water partition coefficient (Wildman–Crippen LogP) is 4.96. The van der Waals surface area contributed by atoms with E-state index < -0.39 is 12.0 Å². The second-order valence-corrected chi connectivity index (χ2v) is 10.1. The summed E-state index contributed by atoms with van der Waals surface area (Å²) in [7, 11) is 0. The minimum atomic E-state index is -0.738. The number of aromatic nitrogens is 2. The summed E-state index contributed by atoms with van der Waals surface area (Å²) in [4.78, 5) is 23.5. The molecule has 0 spiro atoms. The number of unbranched alkanes of at least 4 members (excludes halogenated alkanes) is 2. The van der Waals surface area contributed by atoms with Gasteiger partial charge in [-0.15, -0.1) is 0 Å². The third kappa shape index (κ3) is 5.37. The molecule has 2 N–H and O–H groups in total. The van der Waals surface area contributed by atoms with Crippen molar-refractivity contribution < 1.29 is 9.90 Å². The van der Waals surface area contributed by atoms with Crippen LogP contribution in [0.5, 0.6) is 0 Å². The highest BCUT2D eigenvalue weighted by atomic mass is 16.4. The van der Waals surface area contributed by atoms with E-state index in [1.54, 1.807) is 12.4 Å². The average Bonchev–Trinajstić information content (AvgIpc) is 3.58. The first-order valence-electron chi connectivity index (χ1n) is 12.8. The van der Waals surface area contributed by atoms with E-state index in [4.69, 9.17) is 4.98 Å². The van der Waals surface area contributed by atoms with E-state index in [-0.39, 0.29) is 0 Å². The summed E-state index contributed by atoms with van der Waals surface area (Å²) in [5.41, 5.74) is 4.67. The quantitative estimate of drug-likeness (QED) is 0.500. The zero-order chi connectivity index (χ0) is 22.6. The molecule has 33 heavy (non-hydrogen) atoms. The number of pyridine rings is 2. The topological polar surface area (TPSA) is 78.3 Å². The summed E-state index contributed by atoms with van der Waals surface area (Å²) in [5, 5.41) is 13.5. The van der Waals surface area contributed by atoms with Crippen molar-refractivity contribution in [2.75, 3.05) is 25.0 Å². The third-order valence-electron chi connectivity index (χ3n) is 7.61. The molecule has 3 aliphatic rings. The van der Waals surface area contributed by atoms with E-state index in [0.29, 0.717) is 11.8 Å². The van der Waals surface area contributed by atoms with Crippen molar-refractivity contribution in [3.63, 3.8) is 0 Å². The van der Waals surface area contributed by atoms with Crippen LogP contribution in [0.2, 0.25) is 0 Å². The Hall–Kier alpha value is -2.47. The van der Waals surface area contributed by atoms with Crippen LogP contribution in [0.1, 0.15) is 85.7 Å². The molecule has 0 amide bonds. The number of fused-ring (bicyclic) bond motifs is 1. The Morgan fingerprint density at radius 3 is 2.94 bits per heavy atom. The van der Waals surface area contributed by atoms with E-state index >= 15 is 0 Å². The molecule has 2 aromatic heterocycles. The predicted molar refractivity (Wildman–Crippen MR) is 129 cm³/mol. The number of nitrogens with one attached hydrogen (secondary N) is 1. The van der Waals surface area contributed by atoms with Gasteiger partial charge in [-0.1, -0.05) is 18.9 Å². The summed E-state index contributed by atoms with van der Waals surface area (Å²) in [6.45, 7) is 2.79. The van der Waals surface area contributed by atoms with E-state index in [2.05, 4.69) is 27.3 Å². The molecule has 0 aromatic carbocycles. The van der Waals surface area contributed by atoms with Crippen LogP contribution in [0.25, 0.3) is 0 Å². The lowest BCUT2D eigenvalue weighted by Gasteiger charge is -2.26. The highest BCUT2D eigenvalue weighted by Crippen LogP contribution is 2.44. The van der Waals surface area contributed by atoms with Crippen LogP contribution < -0.4 is 5.32 Å². The van der Waals surface area contributed by atoms with Crippen LogP contribution in [0.15, 0.2) is 30.6 Å². The fourth-order valence-corrected chi connectivity index (χ4v) is 5.65. The van der Waals surface area contributed by atoms with E-state index in [0.717, 1.165) is 50.3 Å². The number of aliphatic carboxylic acids is 1. The van der Waals surface area contributed by atoms with Gasteiger partial charge < -0.3 is 10.4 Å².